The van der Waals surface area contributed by atoms with Gasteiger partial charge in [0.2, 0.25) is 10.0 Å². The molecule has 0 saturated carbocycles. The number of hydrogen-bond acceptors (Lipinski definition) is 6. The van der Waals surface area contributed by atoms with E-state index in [1.54, 1.807) is 55.5 Å². The van der Waals surface area contributed by atoms with E-state index in [1.165, 1.54) is 18.2 Å². The lowest BCUT2D eigenvalue weighted by Gasteiger charge is -2.24. The second-order valence-electron chi connectivity index (χ2n) is 7.75. The molecule has 0 aliphatic heterocycles. The van der Waals surface area contributed by atoms with E-state index in [0.29, 0.717) is 27.5 Å². The van der Waals surface area contributed by atoms with Crippen molar-refractivity contribution >= 4 is 38.9 Å². The molecule has 3 rings (SSSR count). The third kappa shape index (κ3) is 7.17. The van der Waals surface area contributed by atoms with Crippen LogP contribution in [-0.2, 0) is 16.6 Å². The molecule has 0 saturated heterocycles. The Hall–Kier alpha value is -3.63. The van der Waals surface area contributed by atoms with E-state index in [1.807, 2.05) is 0 Å². The fourth-order valence-electron chi connectivity index (χ4n) is 3.25. The number of nitrogens with zero attached hydrogens (tertiary/aromatic N) is 2. The largest absolute Gasteiger partial charge is 0.492 e. The molecular formula is C24H24ClN3O6S. The molecule has 3 aromatic rings. The third-order valence-electron chi connectivity index (χ3n) is 5.08. The van der Waals surface area contributed by atoms with Gasteiger partial charge in [0.1, 0.15) is 12.4 Å². The van der Waals surface area contributed by atoms with Crippen LogP contribution >= 0.6 is 11.6 Å². The van der Waals surface area contributed by atoms with Gasteiger partial charge in [-0.05, 0) is 54.4 Å². The van der Waals surface area contributed by atoms with Crippen molar-refractivity contribution in [3.8, 4) is 5.75 Å². The van der Waals surface area contributed by atoms with Crippen LogP contribution in [0.3, 0.4) is 0 Å². The number of anilines is 1. The molecule has 0 spiro atoms. The zero-order chi connectivity index (χ0) is 25.6. The highest BCUT2D eigenvalue weighted by atomic mass is 35.5. The quantitative estimate of drug-likeness (QED) is 0.243. The number of rotatable bonds is 10. The maximum atomic E-state index is 12.5. The summed E-state index contributed by atoms with van der Waals surface area (Å²) in [6.45, 7) is 2.20. The van der Waals surface area contributed by atoms with Crippen LogP contribution in [0.5, 0.6) is 5.75 Å². The van der Waals surface area contributed by atoms with Crippen LogP contribution in [0.1, 0.15) is 21.5 Å². The SMILES string of the molecule is Cc1ccc([N+](=O)[O-])cc1N(Cc1ccc(C(=O)NCCOc2ccc(Cl)cc2)cc1)S(C)(=O)=O. The molecule has 11 heteroatoms. The highest BCUT2D eigenvalue weighted by Crippen LogP contribution is 2.29. The maximum Gasteiger partial charge on any atom is 0.271 e. The molecule has 1 N–H and O–H groups in total. The molecule has 35 heavy (non-hydrogen) atoms. The first-order valence-electron chi connectivity index (χ1n) is 10.5. The fraction of sp³-hybridized carbons (Fsp3) is 0.208. The van der Waals surface area contributed by atoms with Crippen molar-refractivity contribution in [1.29, 1.82) is 0 Å². The molecule has 0 unspecified atom stereocenters. The number of carbonyl (C=O) groups excluding carboxylic acids is 1. The number of carbonyl (C=O) groups is 1. The van der Waals surface area contributed by atoms with Crippen LogP contribution in [0.15, 0.2) is 66.7 Å². The summed E-state index contributed by atoms with van der Waals surface area (Å²) in [5.41, 5.74) is 1.62. The van der Waals surface area contributed by atoms with Gasteiger partial charge in [-0.15, -0.1) is 0 Å². The zero-order valence-electron chi connectivity index (χ0n) is 19.1. The predicted octanol–water partition coefficient (Wildman–Crippen LogP) is 4.33. The molecule has 0 aliphatic carbocycles. The lowest BCUT2D eigenvalue weighted by atomic mass is 10.1. The smallest absolute Gasteiger partial charge is 0.271 e. The molecule has 0 atom stereocenters. The Bertz CT molecular complexity index is 1310. The van der Waals surface area contributed by atoms with Crippen molar-refractivity contribution in [2.75, 3.05) is 23.7 Å². The van der Waals surface area contributed by atoms with E-state index >= 15 is 0 Å². The fourth-order valence-corrected chi connectivity index (χ4v) is 4.32. The van der Waals surface area contributed by atoms with Gasteiger partial charge < -0.3 is 10.1 Å². The van der Waals surface area contributed by atoms with E-state index in [-0.39, 0.29) is 37.0 Å². The van der Waals surface area contributed by atoms with Gasteiger partial charge in [0.15, 0.2) is 0 Å². The van der Waals surface area contributed by atoms with Crippen molar-refractivity contribution in [2.45, 2.75) is 13.5 Å². The van der Waals surface area contributed by atoms with E-state index in [4.69, 9.17) is 16.3 Å². The molecule has 3 aromatic carbocycles. The van der Waals surface area contributed by atoms with Crippen LogP contribution in [0, 0.1) is 17.0 Å². The van der Waals surface area contributed by atoms with Crippen molar-refractivity contribution in [3.05, 3.63) is 98.6 Å². The Labute approximate surface area is 208 Å². The van der Waals surface area contributed by atoms with Crippen LogP contribution in [0.4, 0.5) is 11.4 Å². The molecule has 0 heterocycles. The van der Waals surface area contributed by atoms with Crippen molar-refractivity contribution in [2.24, 2.45) is 0 Å². The standard InChI is InChI=1S/C24H24ClN3O6S/c1-17-3-10-21(28(30)31)15-23(17)27(35(2,32)33)16-18-4-6-19(7-5-18)24(29)26-13-14-34-22-11-8-20(25)9-12-22/h3-12,15H,13-14,16H2,1-2H3,(H,26,29). The summed E-state index contributed by atoms with van der Waals surface area (Å²) in [5, 5.41) is 14.5. The number of nitrogens with one attached hydrogen (secondary N) is 1. The van der Waals surface area contributed by atoms with Gasteiger partial charge >= 0.3 is 0 Å². The predicted molar refractivity (Wildman–Crippen MR) is 135 cm³/mol. The first-order chi connectivity index (χ1) is 16.5. The van der Waals surface area contributed by atoms with Crippen LogP contribution < -0.4 is 14.4 Å². The molecule has 1 amide bonds. The molecule has 0 fully saturated rings. The molecule has 0 radical (unpaired) electrons. The van der Waals surface area contributed by atoms with Gasteiger partial charge in [-0.1, -0.05) is 29.8 Å². The topological polar surface area (TPSA) is 119 Å². The monoisotopic (exact) mass is 517 g/mol. The van der Waals surface area contributed by atoms with Crippen LogP contribution in [-0.4, -0.2) is 38.7 Å². The summed E-state index contributed by atoms with van der Waals surface area (Å²) in [6, 6.07) is 17.4. The summed E-state index contributed by atoms with van der Waals surface area (Å²) in [6.07, 6.45) is 1.04. The molecule has 0 aliphatic rings. The summed E-state index contributed by atoms with van der Waals surface area (Å²) in [4.78, 5) is 23.0. The first kappa shape index (κ1) is 26.0. The second kappa shape index (κ2) is 11.2. The molecular weight excluding hydrogens is 494 g/mol. The highest BCUT2D eigenvalue weighted by molar-refractivity contribution is 7.92. The number of aryl methyl sites for hydroxylation is 1. The Morgan fingerprint density at radius 3 is 2.34 bits per heavy atom. The lowest BCUT2D eigenvalue weighted by Crippen LogP contribution is -2.30. The number of nitro benzene ring substituents is 1. The number of sulfonamides is 1. The van der Waals surface area contributed by atoms with Gasteiger partial charge in [0, 0.05) is 22.7 Å². The number of halogens is 1. The number of ether oxygens (including phenoxy) is 1. The minimum atomic E-state index is -3.74. The van der Waals surface area contributed by atoms with E-state index < -0.39 is 14.9 Å². The van der Waals surface area contributed by atoms with Crippen LogP contribution in [0.25, 0.3) is 0 Å². The average Bonchev–Trinajstić information content (AvgIpc) is 2.81. The van der Waals surface area contributed by atoms with Gasteiger partial charge in [0.25, 0.3) is 11.6 Å². The van der Waals surface area contributed by atoms with E-state index in [2.05, 4.69) is 5.32 Å². The minimum absolute atomic E-state index is 0.0440. The Balaban J connectivity index is 1.64. The van der Waals surface area contributed by atoms with Gasteiger partial charge in [-0.25, -0.2) is 8.42 Å². The number of amides is 1. The summed E-state index contributed by atoms with van der Waals surface area (Å²) < 4.78 is 31.6. The molecule has 0 aromatic heterocycles. The normalized spacial score (nSPS) is 11.1. The number of benzene rings is 3. The minimum Gasteiger partial charge on any atom is -0.492 e. The maximum absolute atomic E-state index is 12.5. The van der Waals surface area contributed by atoms with Crippen molar-refractivity contribution in [1.82, 2.24) is 5.32 Å². The van der Waals surface area contributed by atoms with Gasteiger partial charge in [-0.3, -0.25) is 19.2 Å². The third-order valence-corrected chi connectivity index (χ3v) is 6.46. The van der Waals surface area contributed by atoms with E-state index in [9.17, 15) is 23.3 Å². The van der Waals surface area contributed by atoms with Crippen molar-refractivity contribution < 1.29 is 22.9 Å². The molecule has 0 bridgehead atoms. The van der Waals surface area contributed by atoms with Crippen LogP contribution in [0.2, 0.25) is 5.02 Å². The summed E-state index contributed by atoms with van der Waals surface area (Å²) >= 11 is 5.83. The average molecular weight is 518 g/mol. The van der Waals surface area contributed by atoms with Crippen molar-refractivity contribution in [3.63, 3.8) is 0 Å². The Kier molecular flexibility index (Phi) is 8.31. The first-order valence-corrected chi connectivity index (χ1v) is 12.8. The zero-order valence-corrected chi connectivity index (χ0v) is 20.7. The molecule has 184 valence electrons. The Morgan fingerprint density at radius 2 is 1.74 bits per heavy atom. The highest BCUT2D eigenvalue weighted by Gasteiger charge is 2.22. The molecule has 9 nitrogen and oxygen atoms in total. The summed E-state index contributed by atoms with van der Waals surface area (Å²) in [5.74, 6) is 0.341. The number of non-ortho nitro benzene ring substituents is 1. The van der Waals surface area contributed by atoms with E-state index in [0.717, 1.165) is 10.6 Å². The Morgan fingerprint density at radius 1 is 1.09 bits per heavy atom. The van der Waals surface area contributed by atoms with Gasteiger partial charge in [-0.2, -0.15) is 0 Å². The summed E-state index contributed by atoms with van der Waals surface area (Å²) in [7, 11) is -3.74. The number of hydrogen-bond donors (Lipinski definition) is 1. The second-order valence-corrected chi connectivity index (χ2v) is 10.1. The van der Waals surface area contributed by atoms with Gasteiger partial charge in [0.05, 0.1) is 30.0 Å². The lowest BCUT2D eigenvalue weighted by molar-refractivity contribution is -0.384. The number of nitro groups is 1.